The van der Waals surface area contributed by atoms with Crippen LogP contribution in [0.2, 0.25) is 0 Å². The van der Waals surface area contributed by atoms with Gasteiger partial charge >= 0.3 is 0 Å². The Morgan fingerprint density at radius 1 is 1.06 bits per heavy atom. The second-order valence-electron chi connectivity index (χ2n) is 8.58. The summed E-state index contributed by atoms with van der Waals surface area (Å²) in [6, 6.07) is 6.83. The smallest absolute Gasteiger partial charge is 0.146 e. The van der Waals surface area contributed by atoms with Crippen molar-refractivity contribution in [3.8, 4) is 6.07 Å². The van der Waals surface area contributed by atoms with Crippen LogP contribution in [0.4, 0.5) is 14.6 Å². The molecule has 3 heterocycles. The molecule has 2 unspecified atom stereocenters. The molecule has 31 heavy (non-hydrogen) atoms. The van der Waals surface area contributed by atoms with Crippen molar-refractivity contribution in [2.45, 2.75) is 31.5 Å². The molecule has 1 aromatic heterocycles. The Balaban J connectivity index is 1.26. The molecule has 0 bridgehead atoms. The van der Waals surface area contributed by atoms with Gasteiger partial charge in [-0.05, 0) is 42.4 Å². The van der Waals surface area contributed by atoms with Gasteiger partial charge in [0, 0.05) is 43.8 Å². The largest absolute Gasteiger partial charge is 0.372 e. The summed E-state index contributed by atoms with van der Waals surface area (Å²) in [4.78, 5) is 10.4. The van der Waals surface area contributed by atoms with Crippen molar-refractivity contribution in [1.82, 2.24) is 15.0 Å². The molecule has 5 atom stereocenters. The van der Waals surface area contributed by atoms with Gasteiger partial charge in [0.15, 0.2) is 0 Å². The molecule has 1 aliphatic carbocycles. The second kappa shape index (κ2) is 7.85. The number of nitrogens with zero attached hydrogens (tertiary/aromatic N) is 6. The zero-order chi connectivity index (χ0) is 21.5. The monoisotopic (exact) mass is 424 g/mol. The number of hydrogen-bond donors (Lipinski definition) is 1. The fraction of sp³-hybridized carbons (Fsp3) is 0.455. The molecular weight excluding hydrogens is 402 g/mol. The van der Waals surface area contributed by atoms with Crippen LogP contribution < -0.4 is 4.90 Å². The maximum atomic E-state index is 13.7. The third-order valence-electron chi connectivity index (χ3n) is 6.70. The summed E-state index contributed by atoms with van der Waals surface area (Å²) in [5.41, 5.74) is 0.831. The highest BCUT2D eigenvalue weighted by Crippen LogP contribution is 2.45. The van der Waals surface area contributed by atoms with Crippen molar-refractivity contribution in [3.05, 3.63) is 53.5 Å². The van der Waals surface area contributed by atoms with Gasteiger partial charge in [0.1, 0.15) is 41.8 Å². The SMILES string of the molecule is N#Cc1cc(N2C[C@H]3CC(C(O)N4N=CC[C@H]4c4cc(F)cc(F)c4)C[C@H]3C2)ncn1. The Bertz CT molecular complexity index is 1020. The Morgan fingerprint density at radius 3 is 2.45 bits per heavy atom. The first-order valence-electron chi connectivity index (χ1n) is 10.4. The van der Waals surface area contributed by atoms with Crippen LogP contribution >= 0.6 is 0 Å². The minimum Gasteiger partial charge on any atom is -0.372 e. The number of rotatable bonds is 4. The van der Waals surface area contributed by atoms with Crippen molar-refractivity contribution < 1.29 is 13.9 Å². The van der Waals surface area contributed by atoms with E-state index in [1.54, 1.807) is 17.3 Å². The van der Waals surface area contributed by atoms with Gasteiger partial charge in [-0.15, -0.1) is 0 Å². The molecule has 2 aliphatic heterocycles. The van der Waals surface area contributed by atoms with Crippen LogP contribution in [0.1, 0.15) is 36.6 Å². The summed E-state index contributed by atoms with van der Waals surface area (Å²) in [7, 11) is 0. The van der Waals surface area contributed by atoms with Crippen LogP contribution in [-0.2, 0) is 0 Å². The van der Waals surface area contributed by atoms with Gasteiger partial charge in [0.2, 0.25) is 0 Å². The highest BCUT2D eigenvalue weighted by atomic mass is 19.1. The average Bonchev–Trinajstić information content (AvgIpc) is 3.47. The molecule has 2 fully saturated rings. The van der Waals surface area contributed by atoms with Gasteiger partial charge in [-0.2, -0.15) is 10.4 Å². The summed E-state index contributed by atoms with van der Waals surface area (Å²) in [6.07, 6.45) is 4.48. The number of hydrazone groups is 1. The molecule has 7 nitrogen and oxygen atoms in total. The number of aromatic nitrogens is 2. The normalized spacial score (nSPS) is 28.1. The highest BCUT2D eigenvalue weighted by Gasteiger charge is 2.46. The minimum atomic E-state index is -0.807. The third kappa shape index (κ3) is 3.72. The molecule has 1 saturated heterocycles. The van der Waals surface area contributed by atoms with Crippen LogP contribution in [-0.4, -0.2) is 45.6 Å². The van der Waals surface area contributed by atoms with Gasteiger partial charge < -0.3 is 10.0 Å². The fourth-order valence-electron chi connectivity index (χ4n) is 5.31. The number of nitriles is 1. The van der Waals surface area contributed by atoms with Crippen molar-refractivity contribution in [2.24, 2.45) is 22.9 Å². The number of halogens is 2. The first-order chi connectivity index (χ1) is 15.0. The Morgan fingerprint density at radius 2 is 1.77 bits per heavy atom. The third-order valence-corrected chi connectivity index (χ3v) is 6.70. The van der Waals surface area contributed by atoms with E-state index in [0.29, 0.717) is 29.5 Å². The summed E-state index contributed by atoms with van der Waals surface area (Å²) >= 11 is 0. The van der Waals surface area contributed by atoms with Crippen LogP contribution in [0.25, 0.3) is 0 Å². The zero-order valence-electron chi connectivity index (χ0n) is 16.8. The van der Waals surface area contributed by atoms with E-state index in [1.165, 1.54) is 18.5 Å². The molecule has 160 valence electrons. The summed E-state index contributed by atoms with van der Waals surface area (Å²) in [6.45, 7) is 1.63. The molecule has 0 spiro atoms. The van der Waals surface area contributed by atoms with E-state index in [0.717, 1.165) is 37.8 Å². The van der Waals surface area contributed by atoms with Crippen LogP contribution in [0, 0.1) is 40.7 Å². The highest BCUT2D eigenvalue weighted by molar-refractivity contribution is 5.60. The summed E-state index contributed by atoms with van der Waals surface area (Å²) in [5, 5.41) is 26.1. The molecule has 9 heteroatoms. The maximum absolute atomic E-state index is 13.7. The lowest BCUT2D eigenvalue weighted by molar-refractivity contribution is -0.0565. The number of anilines is 1. The van der Waals surface area contributed by atoms with Crippen LogP contribution in [0.15, 0.2) is 35.7 Å². The molecule has 3 aliphatic rings. The zero-order valence-corrected chi connectivity index (χ0v) is 16.8. The summed E-state index contributed by atoms with van der Waals surface area (Å²) < 4.78 is 27.4. The topological polar surface area (TPSA) is 88.6 Å². The lowest BCUT2D eigenvalue weighted by Crippen LogP contribution is -2.37. The standard InChI is InChI=1S/C22H22F2N6O/c23-17-5-13(6-18(24)7-17)20-1-2-28-30(20)22(31)14-3-15-10-29(11-16(15)4-14)21-8-19(9-25)26-12-27-21/h2,5-8,12,14-16,20,22,31H,1,3-4,10-11H2/t14?,15-,16+,20-,22?/m0/s1. The van der Waals surface area contributed by atoms with Crippen LogP contribution in [0.5, 0.6) is 0 Å². The first kappa shape index (κ1) is 19.8. The van der Waals surface area contributed by atoms with E-state index in [4.69, 9.17) is 5.26 Å². The van der Waals surface area contributed by atoms with Gasteiger partial charge in [-0.3, -0.25) is 5.01 Å². The number of aliphatic hydroxyl groups is 1. The van der Waals surface area contributed by atoms with Crippen LogP contribution in [0.3, 0.4) is 0 Å². The van der Waals surface area contributed by atoms with Crippen molar-refractivity contribution in [3.63, 3.8) is 0 Å². The molecule has 0 amide bonds. The lowest BCUT2D eigenvalue weighted by Gasteiger charge is -2.33. The van der Waals surface area contributed by atoms with E-state index in [1.807, 2.05) is 6.07 Å². The van der Waals surface area contributed by atoms with Gasteiger partial charge in [0.05, 0.1) is 6.04 Å². The van der Waals surface area contributed by atoms with Gasteiger partial charge in [0.25, 0.3) is 0 Å². The number of fused-ring (bicyclic) bond motifs is 1. The van der Waals surface area contributed by atoms with Crippen molar-refractivity contribution in [2.75, 3.05) is 18.0 Å². The fourth-order valence-corrected chi connectivity index (χ4v) is 5.31. The average molecular weight is 424 g/mol. The van der Waals surface area contributed by atoms with Gasteiger partial charge in [-0.1, -0.05) is 0 Å². The van der Waals surface area contributed by atoms with Crippen molar-refractivity contribution >= 4 is 12.0 Å². The molecule has 1 N–H and O–H groups in total. The Kier molecular flexibility index (Phi) is 5.02. The molecule has 0 radical (unpaired) electrons. The second-order valence-corrected chi connectivity index (χ2v) is 8.58. The van der Waals surface area contributed by atoms with Gasteiger partial charge in [-0.25, -0.2) is 18.7 Å². The molecule has 5 rings (SSSR count). The Hall–Kier alpha value is -3.12. The predicted octanol–water partition coefficient (Wildman–Crippen LogP) is 2.84. The molecule has 1 aromatic carbocycles. The van der Waals surface area contributed by atoms with E-state index >= 15 is 0 Å². The summed E-state index contributed by atoms with van der Waals surface area (Å²) in [5.74, 6) is 0.365. The number of benzene rings is 1. The molecule has 2 aromatic rings. The first-order valence-corrected chi connectivity index (χ1v) is 10.4. The van der Waals surface area contributed by atoms with Crippen molar-refractivity contribution in [1.29, 1.82) is 5.26 Å². The molecule has 1 saturated carbocycles. The van der Waals surface area contributed by atoms with E-state index in [2.05, 4.69) is 20.0 Å². The van der Waals surface area contributed by atoms with E-state index in [9.17, 15) is 13.9 Å². The number of aliphatic hydroxyl groups excluding tert-OH is 1. The number of hydrogen-bond acceptors (Lipinski definition) is 7. The lowest BCUT2D eigenvalue weighted by atomic mass is 9.99. The predicted molar refractivity (Wildman–Crippen MR) is 109 cm³/mol. The minimum absolute atomic E-state index is 0.0355. The van der Waals surface area contributed by atoms with E-state index in [-0.39, 0.29) is 12.0 Å². The maximum Gasteiger partial charge on any atom is 0.146 e. The molecular formula is C22H22F2N6O. The van der Waals surface area contributed by atoms with E-state index < -0.39 is 17.9 Å². The Labute approximate surface area is 178 Å². The quantitative estimate of drug-likeness (QED) is 0.812.